The van der Waals surface area contributed by atoms with Crippen LogP contribution in [0.2, 0.25) is 0 Å². The summed E-state index contributed by atoms with van der Waals surface area (Å²) in [6, 6.07) is 3.17. The molecule has 4 heteroatoms. The third-order valence-electron chi connectivity index (χ3n) is 3.18. The first kappa shape index (κ1) is 11.0. The van der Waals surface area contributed by atoms with Crippen LogP contribution in [0.4, 0.5) is 15.8 Å². The first-order chi connectivity index (χ1) is 7.58. The van der Waals surface area contributed by atoms with Crippen molar-refractivity contribution in [3.63, 3.8) is 0 Å². The zero-order valence-electron chi connectivity index (χ0n) is 9.86. The fraction of sp³-hybridized carbons (Fsp3) is 0.500. The van der Waals surface area contributed by atoms with Crippen LogP contribution >= 0.6 is 0 Å². The van der Waals surface area contributed by atoms with Crippen molar-refractivity contribution >= 4 is 11.4 Å². The van der Waals surface area contributed by atoms with Crippen LogP contribution in [0, 0.1) is 5.82 Å². The van der Waals surface area contributed by atoms with Crippen LogP contribution in [-0.4, -0.2) is 19.2 Å². The molecule has 1 heterocycles. The van der Waals surface area contributed by atoms with Crippen LogP contribution in [0.1, 0.15) is 20.3 Å². The average molecular weight is 224 g/mol. The van der Waals surface area contributed by atoms with Gasteiger partial charge in [-0.25, -0.2) is 4.39 Å². The van der Waals surface area contributed by atoms with Crippen LogP contribution in [0.5, 0.6) is 5.75 Å². The molecule has 0 amide bonds. The summed E-state index contributed by atoms with van der Waals surface area (Å²) in [5.74, 6) is -0.0657. The largest absolute Gasteiger partial charge is 0.494 e. The maximum Gasteiger partial charge on any atom is 0.167 e. The molecule has 0 radical (unpaired) electrons. The maximum atomic E-state index is 13.5. The molecule has 0 spiro atoms. The van der Waals surface area contributed by atoms with Crippen molar-refractivity contribution in [2.45, 2.75) is 25.8 Å². The summed E-state index contributed by atoms with van der Waals surface area (Å²) in [6.07, 6.45) is 0.999. The lowest BCUT2D eigenvalue weighted by molar-refractivity contribution is 0.386. The highest BCUT2D eigenvalue weighted by Gasteiger charge is 2.27. The third kappa shape index (κ3) is 1.79. The second-order valence-corrected chi connectivity index (χ2v) is 4.43. The zero-order valence-corrected chi connectivity index (χ0v) is 9.86. The van der Waals surface area contributed by atoms with E-state index in [9.17, 15) is 4.39 Å². The third-order valence-corrected chi connectivity index (χ3v) is 3.18. The average Bonchev–Trinajstić information content (AvgIpc) is 2.29. The Morgan fingerprint density at radius 3 is 2.81 bits per heavy atom. The Morgan fingerprint density at radius 1 is 1.44 bits per heavy atom. The normalized spacial score (nSPS) is 23.0. The molecule has 1 aromatic rings. The molecule has 16 heavy (non-hydrogen) atoms. The standard InChI is InChI=1S/C12H17FN2O/c1-4-12(2)7-14-9-5-8(13)11(16-3)6-10(9)15-12/h5-6,14-15H,4,7H2,1-3H3. The molecular weight excluding hydrogens is 207 g/mol. The van der Waals surface area contributed by atoms with Gasteiger partial charge in [0.1, 0.15) is 0 Å². The minimum absolute atomic E-state index is 0.00976. The molecule has 1 aliphatic heterocycles. The Labute approximate surface area is 95.0 Å². The number of fused-ring (bicyclic) bond motifs is 1. The second kappa shape index (κ2) is 3.85. The van der Waals surface area contributed by atoms with Crippen molar-refractivity contribution in [3.05, 3.63) is 17.9 Å². The quantitative estimate of drug-likeness (QED) is 0.810. The number of hydrogen-bond acceptors (Lipinski definition) is 3. The summed E-state index contributed by atoms with van der Waals surface area (Å²) < 4.78 is 18.4. The van der Waals surface area contributed by atoms with Crippen molar-refractivity contribution in [3.8, 4) is 5.75 Å². The zero-order chi connectivity index (χ0) is 11.8. The van der Waals surface area contributed by atoms with E-state index in [0.29, 0.717) is 0 Å². The molecule has 1 atom stereocenters. The van der Waals surface area contributed by atoms with Gasteiger partial charge in [-0.3, -0.25) is 0 Å². The molecule has 0 saturated carbocycles. The molecule has 2 rings (SSSR count). The Kier molecular flexibility index (Phi) is 2.66. The number of rotatable bonds is 2. The van der Waals surface area contributed by atoms with E-state index in [-0.39, 0.29) is 17.1 Å². The van der Waals surface area contributed by atoms with Gasteiger partial charge in [0, 0.05) is 18.7 Å². The van der Waals surface area contributed by atoms with E-state index < -0.39 is 0 Å². The molecule has 2 N–H and O–H groups in total. The van der Waals surface area contributed by atoms with Gasteiger partial charge < -0.3 is 15.4 Å². The Morgan fingerprint density at radius 2 is 2.19 bits per heavy atom. The molecule has 1 unspecified atom stereocenters. The molecule has 88 valence electrons. The van der Waals surface area contributed by atoms with Gasteiger partial charge >= 0.3 is 0 Å². The van der Waals surface area contributed by atoms with Crippen molar-refractivity contribution < 1.29 is 9.13 Å². The van der Waals surface area contributed by atoms with Crippen molar-refractivity contribution in [1.29, 1.82) is 0 Å². The van der Waals surface area contributed by atoms with Crippen LogP contribution in [0.3, 0.4) is 0 Å². The molecule has 3 nitrogen and oxygen atoms in total. The molecule has 0 aliphatic carbocycles. The van der Waals surface area contributed by atoms with Gasteiger partial charge in [-0.1, -0.05) is 6.92 Å². The van der Waals surface area contributed by atoms with Crippen LogP contribution in [0.25, 0.3) is 0 Å². The van der Waals surface area contributed by atoms with Gasteiger partial charge in [0.05, 0.1) is 24.0 Å². The number of ether oxygens (including phenoxy) is 1. The minimum atomic E-state index is -0.337. The molecule has 0 fully saturated rings. The van der Waals surface area contributed by atoms with Crippen molar-refractivity contribution in [2.24, 2.45) is 0 Å². The number of hydrogen-bond donors (Lipinski definition) is 2. The molecule has 1 aliphatic rings. The first-order valence-corrected chi connectivity index (χ1v) is 5.47. The van der Waals surface area contributed by atoms with Gasteiger partial charge in [-0.05, 0) is 13.3 Å². The van der Waals surface area contributed by atoms with E-state index in [4.69, 9.17) is 4.74 Å². The first-order valence-electron chi connectivity index (χ1n) is 5.47. The Balaban J connectivity index is 2.38. The van der Waals surface area contributed by atoms with Gasteiger partial charge in [0.15, 0.2) is 11.6 Å². The van der Waals surface area contributed by atoms with Crippen LogP contribution in [0.15, 0.2) is 12.1 Å². The second-order valence-electron chi connectivity index (χ2n) is 4.43. The highest BCUT2D eigenvalue weighted by atomic mass is 19.1. The molecule has 0 bridgehead atoms. The van der Waals surface area contributed by atoms with Crippen LogP contribution in [-0.2, 0) is 0 Å². The van der Waals surface area contributed by atoms with Gasteiger partial charge in [-0.15, -0.1) is 0 Å². The lowest BCUT2D eigenvalue weighted by Crippen LogP contribution is -2.44. The molecule has 0 aromatic heterocycles. The van der Waals surface area contributed by atoms with E-state index in [1.54, 1.807) is 6.07 Å². The highest BCUT2D eigenvalue weighted by molar-refractivity contribution is 5.74. The summed E-state index contributed by atoms with van der Waals surface area (Å²) in [4.78, 5) is 0. The lowest BCUT2D eigenvalue weighted by atomic mass is 9.95. The predicted molar refractivity (Wildman–Crippen MR) is 63.8 cm³/mol. The number of benzene rings is 1. The Hall–Kier alpha value is -1.45. The van der Waals surface area contributed by atoms with E-state index in [0.717, 1.165) is 24.3 Å². The smallest absolute Gasteiger partial charge is 0.167 e. The highest BCUT2D eigenvalue weighted by Crippen LogP contribution is 2.35. The number of methoxy groups -OCH3 is 1. The van der Waals surface area contributed by atoms with E-state index >= 15 is 0 Å². The number of halogens is 1. The summed E-state index contributed by atoms with van der Waals surface area (Å²) in [5, 5.41) is 6.65. The summed E-state index contributed by atoms with van der Waals surface area (Å²) >= 11 is 0. The molecular formula is C12H17FN2O. The van der Waals surface area contributed by atoms with E-state index in [2.05, 4.69) is 24.5 Å². The number of anilines is 2. The molecule has 1 aromatic carbocycles. The van der Waals surface area contributed by atoms with Crippen molar-refractivity contribution in [1.82, 2.24) is 0 Å². The Bertz CT molecular complexity index is 408. The maximum absolute atomic E-state index is 13.5. The van der Waals surface area contributed by atoms with Crippen LogP contribution < -0.4 is 15.4 Å². The lowest BCUT2D eigenvalue weighted by Gasteiger charge is -2.37. The van der Waals surface area contributed by atoms with E-state index in [1.807, 2.05) is 0 Å². The van der Waals surface area contributed by atoms with E-state index in [1.165, 1.54) is 13.2 Å². The summed E-state index contributed by atoms with van der Waals surface area (Å²) in [6.45, 7) is 5.06. The predicted octanol–water partition coefficient (Wildman–Crippen LogP) is 2.84. The summed E-state index contributed by atoms with van der Waals surface area (Å²) in [7, 11) is 1.47. The minimum Gasteiger partial charge on any atom is -0.494 e. The summed E-state index contributed by atoms with van der Waals surface area (Å²) in [5.41, 5.74) is 1.70. The fourth-order valence-electron chi connectivity index (χ4n) is 1.83. The monoisotopic (exact) mass is 224 g/mol. The molecule has 0 saturated heterocycles. The number of nitrogens with one attached hydrogen (secondary N) is 2. The fourth-order valence-corrected chi connectivity index (χ4v) is 1.83. The van der Waals surface area contributed by atoms with Gasteiger partial charge in [-0.2, -0.15) is 0 Å². The van der Waals surface area contributed by atoms with Gasteiger partial charge in [0.2, 0.25) is 0 Å². The SMILES string of the molecule is CCC1(C)CNc2cc(F)c(OC)cc2N1. The topological polar surface area (TPSA) is 33.3 Å². The van der Waals surface area contributed by atoms with Gasteiger partial charge in [0.25, 0.3) is 0 Å². The van der Waals surface area contributed by atoms with Crippen molar-refractivity contribution in [2.75, 3.05) is 24.3 Å².